The number of unbranched alkanes of at least 4 members (excludes halogenated alkanes) is 1. The predicted octanol–water partition coefficient (Wildman–Crippen LogP) is 2.85. The molecular weight excluding hydrogens is 366 g/mol. The van der Waals surface area contributed by atoms with Gasteiger partial charge in [0.1, 0.15) is 11.7 Å². The fourth-order valence-electron chi connectivity index (χ4n) is 2.98. The first-order chi connectivity index (χ1) is 13.0. The van der Waals surface area contributed by atoms with Crippen LogP contribution in [0.15, 0.2) is 35.4 Å². The van der Waals surface area contributed by atoms with Gasteiger partial charge in [-0.15, -0.1) is 0 Å². The van der Waals surface area contributed by atoms with Crippen molar-refractivity contribution in [1.82, 2.24) is 24.4 Å². The second-order valence-corrected chi connectivity index (χ2v) is 6.64. The van der Waals surface area contributed by atoms with Crippen molar-refractivity contribution in [2.24, 2.45) is 0 Å². The van der Waals surface area contributed by atoms with Gasteiger partial charge in [0.05, 0.1) is 5.52 Å². The molecule has 0 aliphatic carbocycles. The molecule has 8 heteroatoms. The highest BCUT2D eigenvalue weighted by Gasteiger charge is 2.17. The molecule has 0 bridgehead atoms. The lowest BCUT2D eigenvalue weighted by Gasteiger charge is -2.06. The molecule has 1 N–H and O–H groups in total. The van der Waals surface area contributed by atoms with E-state index in [0.717, 1.165) is 24.0 Å². The molecule has 0 fully saturated rings. The predicted molar refractivity (Wildman–Crippen MR) is 106 cm³/mol. The number of nitrogens with zero attached hydrogens (tertiary/aromatic N) is 4. The highest BCUT2D eigenvalue weighted by Crippen LogP contribution is 2.24. The fraction of sp³-hybridized carbons (Fsp3) is 0.368. The molecule has 0 saturated carbocycles. The van der Waals surface area contributed by atoms with E-state index in [-0.39, 0.29) is 18.1 Å². The molecule has 0 radical (unpaired) electrons. The Balaban J connectivity index is 2.00. The molecule has 0 spiro atoms. The van der Waals surface area contributed by atoms with E-state index in [1.54, 1.807) is 23.0 Å². The Kier molecular flexibility index (Phi) is 5.91. The summed E-state index contributed by atoms with van der Waals surface area (Å²) in [5, 5.41) is 3.23. The summed E-state index contributed by atoms with van der Waals surface area (Å²) in [5.74, 6) is -0.188. The molecule has 0 saturated heterocycles. The number of imidazole rings is 1. The number of aromatic nitrogens is 4. The molecule has 0 unspecified atom stereocenters. The van der Waals surface area contributed by atoms with Crippen LogP contribution in [0.1, 0.15) is 26.7 Å². The summed E-state index contributed by atoms with van der Waals surface area (Å²) in [6, 6.07) is 5.47. The van der Waals surface area contributed by atoms with Gasteiger partial charge in [-0.2, -0.15) is 0 Å². The summed E-state index contributed by atoms with van der Waals surface area (Å²) in [6.07, 6.45) is 5.21. The second kappa shape index (κ2) is 8.35. The van der Waals surface area contributed by atoms with Gasteiger partial charge in [-0.3, -0.25) is 13.9 Å². The Bertz CT molecular complexity index is 1020. The van der Waals surface area contributed by atoms with Gasteiger partial charge in [-0.05, 0) is 37.1 Å². The Labute approximate surface area is 162 Å². The van der Waals surface area contributed by atoms with E-state index < -0.39 is 0 Å². The number of carbonyl (C=O) groups excluding carboxylic acids is 1. The third-order valence-electron chi connectivity index (χ3n) is 4.39. The minimum atomic E-state index is -0.240. The number of pyridine rings is 2. The van der Waals surface area contributed by atoms with E-state index in [9.17, 15) is 9.59 Å². The first-order valence-electron chi connectivity index (χ1n) is 9.02. The lowest BCUT2D eigenvalue weighted by Crippen LogP contribution is -2.33. The zero-order valence-corrected chi connectivity index (χ0v) is 16.2. The standard InChI is InChI=1S/C19H22ClN5O2/c1-3-5-7-22-17(26)12-25-18-15(24(4-2)19(25)27)9-14(11-23-18)13-6-8-21-16(20)10-13/h6,8-11H,3-5,7,12H2,1-2H3,(H,22,26). The van der Waals surface area contributed by atoms with E-state index in [1.807, 2.05) is 19.1 Å². The maximum Gasteiger partial charge on any atom is 0.330 e. The highest BCUT2D eigenvalue weighted by molar-refractivity contribution is 6.29. The van der Waals surface area contributed by atoms with E-state index in [1.165, 1.54) is 4.57 Å². The quantitative estimate of drug-likeness (QED) is 0.499. The number of nitrogens with one attached hydrogen (secondary N) is 1. The van der Waals surface area contributed by atoms with Crippen LogP contribution < -0.4 is 11.0 Å². The van der Waals surface area contributed by atoms with Crippen LogP contribution in [-0.2, 0) is 17.9 Å². The fourth-order valence-corrected chi connectivity index (χ4v) is 3.16. The molecule has 1 amide bonds. The third kappa shape index (κ3) is 4.03. The smallest absolute Gasteiger partial charge is 0.330 e. The van der Waals surface area contributed by atoms with Crippen LogP contribution in [0.5, 0.6) is 0 Å². The SMILES string of the molecule is CCCCNC(=O)Cn1c(=O)n(CC)c2cc(-c3ccnc(Cl)c3)cnc21. The summed E-state index contributed by atoms with van der Waals surface area (Å²) >= 11 is 5.97. The number of amides is 1. The maximum absolute atomic E-state index is 12.8. The van der Waals surface area contributed by atoms with Gasteiger partial charge in [-0.25, -0.2) is 14.8 Å². The Morgan fingerprint density at radius 2 is 2.00 bits per heavy atom. The number of halogens is 1. The van der Waals surface area contributed by atoms with Crippen LogP contribution in [0.3, 0.4) is 0 Å². The topological polar surface area (TPSA) is 81.8 Å². The van der Waals surface area contributed by atoms with Crippen molar-refractivity contribution in [3.8, 4) is 11.1 Å². The van der Waals surface area contributed by atoms with Crippen molar-refractivity contribution in [3.05, 3.63) is 46.2 Å². The average Bonchev–Trinajstić information content (AvgIpc) is 2.92. The van der Waals surface area contributed by atoms with Crippen molar-refractivity contribution < 1.29 is 4.79 Å². The molecule has 0 aromatic carbocycles. The molecule has 3 aromatic rings. The van der Waals surface area contributed by atoms with Crippen LogP contribution in [0.2, 0.25) is 5.15 Å². The van der Waals surface area contributed by atoms with E-state index in [2.05, 4.69) is 22.2 Å². The summed E-state index contributed by atoms with van der Waals surface area (Å²) < 4.78 is 3.04. The van der Waals surface area contributed by atoms with Gasteiger partial charge < -0.3 is 5.32 Å². The summed E-state index contributed by atoms with van der Waals surface area (Å²) in [7, 11) is 0. The maximum atomic E-state index is 12.8. The first-order valence-corrected chi connectivity index (χ1v) is 9.40. The van der Waals surface area contributed by atoms with Crippen LogP contribution in [-0.4, -0.2) is 31.6 Å². The summed E-state index contributed by atoms with van der Waals surface area (Å²) in [4.78, 5) is 33.4. The molecule has 3 rings (SSSR count). The van der Waals surface area contributed by atoms with Gasteiger partial charge >= 0.3 is 5.69 Å². The van der Waals surface area contributed by atoms with E-state index >= 15 is 0 Å². The van der Waals surface area contributed by atoms with E-state index in [0.29, 0.717) is 29.4 Å². The summed E-state index contributed by atoms with van der Waals surface area (Å²) in [6.45, 7) is 5.00. The largest absolute Gasteiger partial charge is 0.355 e. The van der Waals surface area contributed by atoms with Crippen molar-refractivity contribution in [1.29, 1.82) is 0 Å². The molecule has 0 aliphatic rings. The molecule has 0 atom stereocenters. The molecule has 3 aromatic heterocycles. The summed E-state index contributed by atoms with van der Waals surface area (Å²) in [5.41, 5.74) is 2.64. The zero-order chi connectivity index (χ0) is 19.4. The van der Waals surface area contributed by atoms with Crippen molar-refractivity contribution >= 4 is 28.7 Å². The van der Waals surface area contributed by atoms with Crippen LogP contribution in [0.4, 0.5) is 0 Å². The van der Waals surface area contributed by atoms with Crippen molar-refractivity contribution in [2.45, 2.75) is 39.8 Å². The zero-order valence-electron chi connectivity index (χ0n) is 15.4. The molecule has 3 heterocycles. The monoisotopic (exact) mass is 387 g/mol. The Morgan fingerprint density at radius 1 is 1.19 bits per heavy atom. The number of rotatable bonds is 7. The average molecular weight is 388 g/mol. The number of hydrogen-bond acceptors (Lipinski definition) is 4. The number of fused-ring (bicyclic) bond motifs is 1. The number of carbonyl (C=O) groups is 1. The minimum Gasteiger partial charge on any atom is -0.355 e. The molecule has 7 nitrogen and oxygen atoms in total. The lowest BCUT2D eigenvalue weighted by atomic mass is 10.1. The number of aryl methyl sites for hydroxylation is 1. The van der Waals surface area contributed by atoms with Gasteiger partial charge in [0.15, 0.2) is 5.65 Å². The Morgan fingerprint density at radius 3 is 2.70 bits per heavy atom. The van der Waals surface area contributed by atoms with Crippen LogP contribution in [0, 0.1) is 0 Å². The molecule has 27 heavy (non-hydrogen) atoms. The van der Waals surface area contributed by atoms with Crippen LogP contribution >= 0.6 is 11.6 Å². The lowest BCUT2D eigenvalue weighted by molar-refractivity contribution is -0.121. The van der Waals surface area contributed by atoms with Gasteiger partial charge in [0.25, 0.3) is 0 Å². The normalized spacial score (nSPS) is 11.1. The molecular formula is C19H22ClN5O2. The van der Waals surface area contributed by atoms with E-state index in [4.69, 9.17) is 11.6 Å². The highest BCUT2D eigenvalue weighted by atomic mass is 35.5. The second-order valence-electron chi connectivity index (χ2n) is 6.25. The van der Waals surface area contributed by atoms with Crippen molar-refractivity contribution in [2.75, 3.05) is 6.54 Å². The van der Waals surface area contributed by atoms with Gasteiger partial charge in [0, 0.05) is 31.0 Å². The van der Waals surface area contributed by atoms with Gasteiger partial charge in [-0.1, -0.05) is 24.9 Å². The van der Waals surface area contributed by atoms with Gasteiger partial charge in [0.2, 0.25) is 5.91 Å². The Hall–Kier alpha value is -2.67. The third-order valence-corrected chi connectivity index (χ3v) is 4.59. The molecule has 142 valence electrons. The first kappa shape index (κ1) is 19.1. The number of hydrogen-bond donors (Lipinski definition) is 1. The minimum absolute atomic E-state index is 0.0422. The van der Waals surface area contributed by atoms with Crippen LogP contribution in [0.25, 0.3) is 22.3 Å². The van der Waals surface area contributed by atoms with Crippen molar-refractivity contribution in [3.63, 3.8) is 0 Å². The molecule has 0 aliphatic heterocycles.